The maximum absolute atomic E-state index is 11.6. The summed E-state index contributed by atoms with van der Waals surface area (Å²) < 4.78 is 16.4. The molecule has 0 fully saturated rings. The molecule has 3 rings (SSSR count). The van der Waals surface area contributed by atoms with Gasteiger partial charge in [0, 0.05) is 0 Å². The summed E-state index contributed by atoms with van der Waals surface area (Å²) in [5.74, 6) is 0.433. The average Bonchev–Trinajstić information content (AvgIpc) is 2.91. The molecule has 1 aliphatic rings. The van der Waals surface area contributed by atoms with Crippen molar-refractivity contribution in [1.82, 2.24) is 9.97 Å². The Morgan fingerprint density at radius 1 is 1.38 bits per heavy atom. The largest absolute Gasteiger partial charge is 0.469 e. The van der Waals surface area contributed by atoms with Crippen LogP contribution < -0.4 is 15.9 Å². The van der Waals surface area contributed by atoms with Crippen LogP contribution in [0.2, 0.25) is 6.82 Å². The Bertz CT molecular complexity index is 857. The van der Waals surface area contributed by atoms with Crippen molar-refractivity contribution in [1.29, 1.82) is 5.41 Å². The molecule has 2 aromatic rings. The predicted octanol–water partition coefficient (Wildman–Crippen LogP) is 1.32. The van der Waals surface area contributed by atoms with Crippen molar-refractivity contribution in [3.63, 3.8) is 0 Å². The van der Waals surface area contributed by atoms with Gasteiger partial charge >= 0.3 is 12.9 Å². The maximum Gasteiger partial charge on any atom is 0.324 e. The quantitative estimate of drug-likeness (QED) is 0.360. The van der Waals surface area contributed by atoms with E-state index in [1.807, 2.05) is 25.9 Å². The third-order valence-electron chi connectivity index (χ3n) is 4.23. The molecule has 3 N–H and O–H groups in total. The molecule has 134 valence electrons. The number of carbonyl (C=O) groups is 1. The lowest BCUT2D eigenvalue weighted by atomic mass is 9.63. The molecule has 9 heteroatoms. The molecule has 1 atom stereocenters. The zero-order valence-corrected chi connectivity index (χ0v) is 14.8. The number of nitrogens with one attached hydrogen (secondary N) is 1. The summed E-state index contributed by atoms with van der Waals surface area (Å²) in [6.45, 7) is 3.72. The van der Waals surface area contributed by atoms with Gasteiger partial charge in [-0.3, -0.25) is 10.2 Å². The number of amidine groups is 1. The Kier molecular flexibility index (Phi) is 4.90. The second-order valence-electron chi connectivity index (χ2n) is 6.05. The zero-order valence-electron chi connectivity index (χ0n) is 14.8. The van der Waals surface area contributed by atoms with Gasteiger partial charge in [-0.15, -0.1) is 0 Å². The third kappa shape index (κ3) is 3.52. The van der Waals surface area contributed by atoms with Crippen LogP contribution in [0, 0.1) is 12.3 Å². The van der Waals surface area contributed by atoms with E-state index in [2.05, 4.69) is 9.97 Å². The number of nitrogens with zero attached hydrogens (tertiary/aromatic N) is 2. The summed E-state index contributed by atoms with van der Waals surface area (Å²) in [5.41, 5.74) is 8.58. The number of benzene rings is 1. The number of esters is 1. The number of hydrogen-bond acceptors (Lipinski definition) is 7. The summed E-state index contributed by atoms with van der Waals surface area (Å²) in [7, 11) is 1.36. The van der Waals surface area contributed by atoms with Gasteiger partial charge in [0.2, 0.25) is 5.88 Å². The van der Waals surface area contributed by atoms with Crippen LogP contribution in [0.1, 0.15) is 29.3 Å². The molecule has 0 spiro atoms. The fourth-order valence-electron chi connectivity index (χ4n) is 3.03. The van der Waals surface area contributed by atoms with E-state index in [1.165, 1.54) is 19.5 Å². The van der Waals surface area contributed by atoms with E-state index in [-0.39, 0.29) is 36.9 Å². The van der Waals surface area contributed by atoms with Gasteiger partial charge in [0.1, 0.15) is 17.3 Å². The maximum atomic E-state index is 11.6. The topological polar surface area (TPSA) is 120 Å². The summed E-state index contributed by atoms with van der Waals surface area (Å²) >= 11 is 0. The van der Waals surface area contributed by atoms with Crippen LogP contribution in [0.5, 0.6) is 11.6 Å². The second kappa shape index (κ2) is 7.13. The number of nitrogens with two attached hydrogens (primary N) is 1. The van der Waals surface area contributed by atoms with Gasteiger partial charge in [0.15, 0.2) is 0 Å². The smallest absolute Gasteiger partial charge is 0.324 e. The molecule has 2 heterocycles. The van der Waals surface area contributed by atoms with Crippen molar-refractivity contribution in [3.8, 4) is 11.6 Å². The van der Waals surface area contributed by atoms with E-state index in [4.69, 9.17) is 25.3 Å². The number of hydrogen-bond donors (Lipinski definition) is 2. The molecule has 0 amide bonds. The van der Waals surface area contributed by atoms with Gasteiger partial charge in [-0.1, -0.05) is 6.82 Å². The van der Waals surface area contributed by atoms with Crippen LogP contribution in [0.25, 0.3) is 0 Å². The fraction of sp³-hybridized carbons (Fsp3) is 0.294. The minimum atomic E-state index is -0.323. The molecule has 1 aliphatic heterocycles. The van der Waals surface area contributed by atoms with Crippen LogP contribution in [0.3, 0.4) is 0 Å². The van der Waals surface area contributed by atoms with Gasteiger partial charge in [0.25, 0.3) is 0 Å². The first-order chi connectivity index (χ1) is 12.4. The molecule has 0 radical (unpaired) electrons. The molecule has 1 aromatic heterocycles. The van der Waals surface area contributed by atoms with E-state index in [9.17, 15) is 4.79 Å². The number of ether oxygens (including phenoxy) is 2. The SMILES string of the molecule is COC(=O)CC1OB(C)c2cc(Oc3cnc(C(=N)N)cn3)cc(C)c21. The number of nitrogen functional groups attached to an aromatic ring is 1. The molecule has 0 aliphatic carbocycles. The predicted molar refractivity (Wildman–Crippen MR) is 96.0 cm³/mol. The fourth-order valence-corrected chi connectivity index (χ4v) is 3.03. The number of fused-ring (bicyclic) bond motifs is 1. The first-order valence-electron chi connectivity index (χ1n) is 8.10. The van der Waals surface area contributed by atoms with Crippen molar-refractivity contribution in [2.75, 3.05) is 7.11 Å². The molecule has 1 unspecified atom stereocenters. The number of carbonyl (C=O) groups excluding carboxylic acids is 1. The normalized spacial score (nSPS) is 15.5. The van der Waals surface area contributed by atoms with E-state index in [0.717, 1.165) is 16.6 Å². The molecular formula is C17H19BN4O4. The Balaban J connectivity index is 1.85. The molecule has 8 nitrogen and oxygen atoms in total. The van der Waals surface area contributed by atoms with Gasteiger partial charge in [-0.05, 0) is 35.6 Å². The van der Waals surface area contributed by atoms with Crippen LogP contribution >= 0.6 is 0 Å². The second-order valence-corrected chi connectivity index (χ2v) is 6.05. The summed E-state index contributed by atoms with van der Waals surface area (Å²) in [6.07, 6.45) is 2.65. The third-order valence-corrected chi connectivity index (χ3v) is 4.23. The van der Waals surface area contributed by atoms with Gasteiger partial charge in [-0.25, -0.2) is 9.97 Å². The van der Waals surface area contributed by atoms with E-state index < -0.39 is 0 Å². The Morgan fingerprint density at radius 2 is 2.15 bits per heavy atom. The summed E-state index contributed by atoms with van der Waals surface area (Å²) in [6, 6.07) is 3.75. The standard InChI is InChI=1S/C17H19BN4O4/c1-9-4-10(25-14-8-21-12(7-22-14)17(19)20)5-11-16(9)13(26-18(11)2)6-15(23)24-3/h4-5,7-8,13H,6H2,1-3H3,(H3,19,20). The Labute approximate surface area is 151 Å². The lowest BCUT2D eigenvalue weighted by Crippen LogP contribution is -2.24. The first-order valence-corrected chi connectivity index (χ1v) is 8.10. The van der Waals surface area contributed by atoms with Crippen molar-refractivity contribution in [2.45, 2.75) is 26.3 Å². The minimum Gasteiger partial charge on any atom is -0.469 e. The van der Waals surface area contributed by atoms with Crippen molar-refractivity contribution in [3.05, 3.63) is 41.3 Å². The Hall–Kier alpha value is -2.94. The lowest BCUT2D eigenvalue weighted by Gasteiger charge is -2.14. The van der Waals surface area contributed by atoms with Crippen LogP contribution in [-0.4, -0.2) is 35.8 Å². The molecule has 0 saturated heterocycles. The van der Waals surface area contributed by atoms with Gasteiger partial charge in [0.05, 0.1) is 32.0 Å². The molecule has 1 aromatic carbocycles. The number of rotatable bonds is 5. The first kappa shape index (κ1) is 17.9. The highest BCUT2D eigenvalue weighted by Crippen LogP contribution is 2.33. The number of methoxy groups -OCH3 is 1. The van der Waals surface area contributed by atoms with Crippen molar-refractivity contribution < 1.29 is 18.9 Å². The van der Waals surface area contributed by atoms with Crippen molar-refractivity contribution in [2.24, 2.45) is 5.73 Å². The minimum absolute atomic E-state index is 0.153. The summed E-state index contributed by atoms with van der Waals surface area (Å²) in [4.78, 5) is 19.7. The monoisotopic (exact) mass is 354 g/mol. The van der Waals surface area contributed by atoms with Gasteiger partial charge in [-0.2, -0.15) is 0 Å². The lowest BCUT2D eigenvalue weighted by molar-refractivity contribution is -0.142. The Morgan fingerprint density at radius 3 is 2.77 bits per heavy atom. The van der Waals surface area contributed by atoms with Crippen LogP contribution in [0.15, 0.2) is 24.5 Å². The molecular weight excluding hydrogens is 335 g/mol. The highest BCUT2D eigenvalue weighted by atomic mass is 16.5. The van der Waals surface area contributed by atoms with E-state index >= 15 is 0 Å². The van der Waals surface area contributed by atoms with Crippen LogP contribution in [0.4, 0.5) is 0 Å². The van der Waals surface area contributed by atoms with Gasteiger partial charge < -0.3 is 19.9 Å². The average molecular weight is 354 g/mol. The van der Waals surface area contributed by atoms with E-state index in [0.29, 0.717) is 11.6 Å². The molecule has 26 heavy (non-hydrogen) atoms. The molecule has 0 saturated carbocycles. The molecule has 0 bridgehead atoms. The number of aryl methyl sites for hydroxylation is 1. The zero-order chi connectivity index (χ0) is 18.8. The van der Waals surface area contributed by atoms with Crippen molar-refractivity contribution >= 4 is 24.2 Å². The highest BCUT2D eigenvalue weighted by molar-refractivity contribution is 6.67. The van der Waals surface area contributed by atoms with Crippen LogP contribution in [-0.2, 0) is 14.2 Å². The van der Waals surface area contributed by atoms with E-state index in [1.54, 1.807) is 0 Å². The highest BCUT2D eigenvalue weighted by Gasteiger charge is 2.35. The summed E-state index contributed by atoms with van der Waals surface area (Å²) in [5, 5.41) is 7.33. The number of aromatic nitrogens is 2.